The van der Waals surface area contributed by atoms with Crippen LogP contribution < -0.4 is 0 Å². The normalized spacial score (nSPS) is 12.1. The Bertz CT molecular complexity index is 3450. The zero-order chi connectivity index (χ0) is 35.3. The SMILES string of the molecule is c1cc(-c2c3ccccc3c(-c3ccc4ccccc4c3)c3ccccc23)cc(-c2cc3oc4ccc5c6ccccc6oc5c4c3c3ccccc23)c1. The van der Waals surface area contributed by atoms with Gasteiger partial charge in [-0.1, -0.05) is 146 Å². The number of rotatable bonds is 3. The summed E-state index contributed by atoms with van der Waals surface area (Å²) in [6, 6.07) is 65.7. The summed E-state index contributed by atoms with van der Waals surface area (Å²) < 4.78 is 13.2. The van der Waals surface area contributed by atoms with Gasteiger partial charge in [0, 0.05) is 16.2 Å². The van der Waals surface area contributed by atoms with Crippen molar-refractivity contribution in [2.75, 3.05) is 0 Å². The smallest absolute Gasteiger partial charge is 0.147 e. The minimum Gasteiger partial charge on any atom is -0.456 e. The van der Waals surface area contributed by atoms with Crippen molar-refractivity contribution in [3.05, 3.63) is 182 Å². The highest BCUT2D eigenvalue weighted by Crippen LogP contribution is 2.47. The Labute approximate surface area is 310 Å². The first-order valence-electron chi connectivity index (χ1n) is 18.5. The molecule has 0 N–H and O–H groups in total. The summed E-state index contributed by atoms with van der Waals surface area (Å²) in [5.74, 6) is 0. The van der Waals surface area contributed by atoms with Crippen LogP contribution in [0.2, 0.25) is 0 Å². The summed E-state index contributed by atoms with van der Waals surface area (Å²) in [5, 5.41) is 14.1. The second-order valence-corrected chi connectivity index (χ2v) is 14.3. The summed E-state index contributed by atoms with van der Waals surface area (Å²) in [4.78, 5) is 0. The largest absolute Gasteiger partial charge is 0.456 e. The molecule has 0 bridgehead atoms. The lowest BCUT2D eigenvalue weighted by atomic mass is 9.85. The molecule has 250 valence electrons. The van der Waals surface area contributed by atoms with Crippen LogP contribution in [0.25, 0.3) is 120 Å². The lowest BCUT2D eigenvalue weighted by Crippen LogP contribution is -1.91. The number of para-hydroxylation sites is 1. The molecule has 0 saturated carbocycles. The summed E-state index contributed by atoms with van der Waals surface area (Å²) >= 11 is 0. The van der Waals surface area contributed by atoms with Crippen LogP contribution in [-0.2, 0) is 0 Å². The van der Waals surface area contributed by atoms with Gasteiger partial charge >= 0.3 is 0 Å². The van der Waals surface area contributed by atoms with Crippen molar-refractivity contribution >= 4 is 87.0 Å². The standard InChI is InChI=1S/C52H30O2/c1-2-13-32-28-35(25-24-31(32)12-1)49-41-21-7-5-19-39(41)48(40-20-6-8-22-42(40)49)34-15-11-14-33(29-34)44-30-47-50(38-18-4-3-16-36(38)44)51-46(53-47)27-26-43-37-17-9-10-23-45(37)54-52(43)51/h1-30H. The second kappa shape index (κ2) is 11.2. The minimum absolute atomic E-state index is 0.831. The Morgan fingerprint density at radius 2 is 0.870 bits per heavy atom. The van der Waals surface area contributed by atoms with Crippen molar-refractivity contribution in [2.45, 2.75) is 0 Å². The van der Waals surface area contributed by atoms with Gasteiger partial charge in [0.15, 0.2) is 0 Å². The third-order valence-corrected chi connectivity index (χ3v) is 11.4. The van der Waals surface area contributed by atoms with Crippen LogP contribution in [0.5, 0.6) is 0 Å². The molecule has 2 aromatic heterocycles. The van der Waals surface area contributed by atoms with Gasteiger partial charge in [0.25, 0.3) is 0 Å². The van der Waals surface area contributed by atoms with Gasteiger partial charge in [0.05, 0.1) is 5.39 Å². The van der Waals surface area contributed by atoms with Crippen LogP contribution in [0.4, 0.5) is 0 Å². The number of hydrogen-bond donors (Lipinski definition) is 0. The minimum atomic E-state index is 0.831. The molecule has 0 aliphatic carbocycles. The monoisotopic (exact) mass is 686 g/mol. The highest BCUT2D eigenvalue weighted by Gasteiger charge is 2.21. The van der Waals surface area contributed by atoms with Crippen LogP contribution >= 0.6 is 0 Å². The molecule has 0 spiro atoms. The molecule has 0 radical (unpaired) electrons. The first-order valence-corrected chi connectivity index (χ1v) is 18.5. The average molecular weight is 687 g/mol. The van der Waals surface area contributed by atoms with Crippen molar-refractivity contribution in [1.82, 2.24) is 0 Å². The van der Waals surface area contributed by atoms with Crippen molar-refractivity contribution < 1.29 is 8.83 Å². The quantitative estimate of drug-likeness (QED) is 0.173. The zero-order valence-corrected chi connectivity index (χ0v) is 29.1. The molecule has 2 nitrogen and oxygen atoms in total. The van der Waals surface area contributed by atoms with Crippen LogP contribution in [0.1, 0.15) is 0 Å². The van der Waals surface area contributed by atoms with Gasteiger partial charge in [0.1, 0.15) is 22.3 Å². The molecule has 10 aromatic carbocycles. The fourth-order valence-corrected chi connectivity index (χ4v) is 9.08. The van der Waals surface area contributed by atoms with Gasteiger partial charge in [-0.15, -0.1) is 0 Å². The van der Waals surface area contributed by atoms with Crippen molar-refractivity contribution in [1.29, 1.82) is 0 Å². The predicted molar refractivity (Wildman–Crippen MR) is 227 cm³/mol. The van der Waals surface area contributed by atoms with Crippen molar-refractivity contribution in [3.8, 4) is 33.4 Å². The predicted octanol–water partition coefficient (Wildman–Crippen LogP) is 15.1. The first kappa shape index (κ1) is 29.4. The van der Waals surface area contributed by atoms with Crippen LogP contribution in [-0.4, -0.2) is 0 Å². The van der Waals surface area contributed by atoms with E-state index >= 15 is 0 Å². The van der Waals surface area contributed by atoms with Crippen molar-refractivity contribution in [3.63, 3.8) is 0 Å². The van der Waals surface area contributed by atoms with Gasteiger partial charge in [-0.25, -0.2) is 0 Å². The van der Waals surface area contributed by atoms with E-state index in [1.54, 1.807) is 0 Å². The molecule has 2 heterocycles. The number of benzene rings is 10. The maximum Gasteiger partial charge on any atom is 0.147 e. The molecule has 2 heteroatoms. The molecule has 0 atom stereocenters. The Hall–Kier alpha value is -7.16. The Balaban J connectivity index is 1.10. The van der Waals surface area contributed by atoms with Crippen LogP contribution in [0.15, 0.2) is 191 Å². The molecule has 54 heavy (non-hydrogen) atoms. The molecule has 0 aliphatic rings. The van der Waals surface area contributed by atoms with E-state index in [9.17, 15) is 0 Å². The topological polar surface area (TPSA) is 26.3 Å². The van der Waals surface area contributed by atoms with E-state index in [4.69, 9.17) is 8.83 Å². The number of fused-ring (bicyclic) bond motifs is 12. The van der Waals surface area contributed by atoms with E-state index in [-0.39, 0.29) is 0 Å². The van der Waals surface area contributed by atoms with Crippen molar-refractivity contribution in [2.24, 2.45) is 0 Å². The maximum absolute atomic E-state index is 6.68. The van der Waals surface area contributed by atoms with Crippen LogP contribution in [0.3, 0.4) is 0 Å². The number of furan rings is 2. The van der Waals surface area contributed by atoms with E-state index in [1.807, 2.05) is 12.1 Å². The molecular weight excluding hydrogens is 657 g/mol. The molecule has 0 aliphatic heterocycles. The van der Waals surface area contributed by atoms with E-state index in [0.29, 0.717) is 0 Å². The van der Waals surface area contributed by atoms with Gasteiger partial charge in [0.2, 0.25) is 0 Å². The van der Waals surface area contributed by atoms with Gasteiger partial charge in [-0.2, -0.15) is 0 Å². The molecule has 0 fully saturated rings. The van der Waals surface area contributed by atoms with E-state index < -0.39 is 0 Å². The van der Waals surface area contributed by atoms with Gasteiger partial charge in [-0.3, -0.25) is 0 Å². The fourth-order valence-electron chi connectivity index (χ4n) is 9.08. The molecule has 0 saturated heterocycles. The highest BCUT2D eigenvalue weighted by atomic mass is 16.3. The van der Waals surface area contributed by atoms with Crippen LogP contribution in [0, 0.1) is 0 Å². The lowest BCUT2D eigenvalue weighted by Gasteiger charge is -2.18. The van der Waals surface area contributed by atoms with E-state index in [0.717, 1.165) is 60.4 Å². The average Bonchev–Trinajstić information content (AvgIpc) is 3.81. The Morgan fingerprint density at radius 3 is 1.61 bits per heavy atom. The molecular formula is C52H30O2. The molecule has 12 rings (SSSR count). The Morgan fingerprint density at radius 1 is 0.278 bits per heavy atom. The van der Waals surface area contributed by atoms with Gasteiger partial charge < -0.3 is 8.83 Å². The second-order valence-electron chi connectivity index (χ2n) is 14.3. The molecule has 12 aromatic rings. The first-order chi connectivity index (χ1) is 26.8. The van der Waals surface area contributed by atoms with E-state index in [2.05, 4.69) is 170 Å². The van der Waals surface area contributed by atoms with E-state index in [1.165, 1.54) is 60.0 Å². The lowest BCUT2D eigenvalue weighted by molar-refractivity contribution is 0.663. The zero-order valence-electron chi connectivity index (χ0n) is 29.1. The highest BCUT2D eigenvalue weighted by molar-refractivity contribution is 6.29. The molecule has 0 unspecified atom stereocenters. The maximum atomic E-state index is 6.68. The summed E-state index contributed by atoms with van der Waals surface area (Å²) in [6.45, 7) is 0. The summed E-state index contributed by atoms with van der Waals surface area (Å²) in [6.07, 6.45) is 0. The summed E-state index contributed by atoms with van der Waals surface area (Å²) in [5.41, 5.74) is 10.7. The summed E-state index contributed by atoms with van der Waals surface area (Å²) in [7, 11) is 0. The Kier molecular flexibility index (Phi) is 6.09. The number of hydrogen-bond acceptors (Lipinski definition) is 2. The van der Waals surface area contributed by atoms with Gasteiger partial charge in [-0.05, 0) is 113 Å². The third kappa shape index (κ3) is 4.17. The third-order valence-electron chi connectivity index (χ3n) is 11.4. The molecule has 0 amide bonds. The fraction of sp³-hybridized carbons (Fsp3) is 0.